The van der Waals surface area contributed by atoms with Gasteiger partial charge in [0.05, 0.1) is 5.25 Å². The molecule has 1 heterocycles. The van der Waals surface area contributed by atoms with Crippen molar-refractivity contribution in [3.63, 3.8) is 0 Å². The van der Waals surface area contributed by atoms with Crippen molar-refractivity contribution in [3.8, 4) is 0 Å². The number of hydrogen-bond donors (Lipinski definition) is 7. The summed E-state index contributed by atoms with van der Waals surface area (Å²) in [6.45, 7) is 7.36. The molecule has 0 aliphatic carbocycles. The van der Waals surface area contributed by atoms with Gasteiger partial charge < -0.3 is 37.5 Å². The van der Waals surface area contributed by atoms with Crippen LogP contribution in [0.4, 0.5) is 15.3 Å². The minimum atomic E-state index is -1.04. The maximum absolute atomic E-state index is 13.4. The van der Waals surface area contributed by atoms with E-state index >= 15 is 0 Å². The summed E-state index contributed by atoms with van der Waals surface area (Å²) < 4.78 is 5.33. The number of likely N-dealkylation sites (N-methyl/N-ethyl adjacent to an activating group) is 1. The number of thiol groups is 1. The first kappa shape index (κ1) is 44.3. The molecule has 1 fully saturated rings. The number of nitrogens with two attached hydrogens (primary N) is 2. The molecule has 0 bridgehead atoms. The number of benzene rings is 1. The van der Waals surface area contributed by atoms with Crippen LogP contribution in [0.5, 0.6) is 0 Å². The van der Waals surface area contributed by atoms with E-state index in [2.05, 4.69) is 33.9 Å². The number of urea groups is 1. The van der Waals surface area contributed by atoms with Crippen LogP contribution in [0.15, 0.2) is 24.3 Å². The number of ether oxygens (including phenoxy) is 1. The van der Waals surface area contributed by atoms with Crippen LogP contribution >= 0.6 is 12.6 Å². The van der Waals surface area contributed by atoms with Crippen LogP contribution in [0.1, 0.15) is 78.2 Å². The zero-order chi connectivity index (χ0) is 39.8. The molecular formula is C35H54N8O9S. The Morgan fingerprint density at radius 2 is 1.58 bits per heavy atom. The lowest BCUT2D eigenvalue weighted by Crippen LogP contribution is -2.54. The molecule has 18 heteroatoms. The number of carbonyl (C=O) groups is 8. The summed E-state index contributed by atoms with van der Waals surface area (Å²) in [5, 5.41) is 10.1. The molecule has 0 spiro atoms. The van der Waals surface area contributed by atoms with E-state index in [1.54, 1.807) is 52.0 Å². The molecule has 9 amide bonds. The molecule has 294 valence electrons. The van der Waals surface area contributed by atoms with Gasteiger partial charge in [-0.1, -0.05) is 46.2 Å². The second-order valence-electron chi connectivity index (χ2n) is 13.6. The highest BCUT2D eigenvalue weighted by atomic mass is 32.1. The highest BCUT2D eigenvalue weighted by Gasteiger charge is 2.36. The van der Waals surface area contributed by atoms with Crippen LogP contribution in [0.3, 0.4) is 0 Å². The quantitative estimate of drug-likeness (QED) is 0.0542. The molecule has 2 rings (SSSR count). The van der Waals surface area contributed by atoms with E-state index in [1.807, 2.05) is 0 Å². The van der Waals surface area contributed by atoms with E-state index in [9.17, 15) is 38.4 Å². The van der Waals surface area contributed by atoms with Gasteiger partial charge in [-0.25, -0.2) is 9.59 Å². The van der Waals surface area contributed by atoms with Gasteiger partial charge in [0, 0.05) is 38.7 Å². The van der Waals surface area contributed by atoms with Gasteiger partial charge in [-0.3, -0.25) is 38.6 Å². The first-order valence-electron chi connectivity index (χ1n) is 17.7. The molecular weight excluding hydrogens is 708 g/mol. The second kappa shape index (κ2) is 21.6. The number of hydrogen-bond acceptors (Lipinski definition) is 10. The maximum Gasteiger partial charge on any atom is 0.410 e. The molecule has 53 heavy (non-hydrogen) atoms. The maximum atomic E-state index is 13.4. The van der Waals surface area contributed by atoms with Crippen molar-refractivity contribution >= 4 is 65.9 Å². The van der Waals surface area contributed by atoms with Crippen molar-refractivity contribution in [2.24, 2.45) is 23.3 Å². The van der Waals surface area contributed by atoms with Crippen molar-refractivity contribution in [3.05, 3.63) is 29.8 Å². The third-order valence-corrected chi connectivity index (χ3v) is 8.99. The summed E-state index contributed by atoms with van der Waals surface area (Å²) >= 11 is 4.11. The lowest BCUT2D eigenvalue weighted by molar-refractivity contribution is -0.138. The Morgan fingerprint density at radius 3 is 2.13 bits per heavy atom. The third kappa shape index (κ3) is 14.6. The largest absolute Gasteiger partial charge is 0.445 e. The summed E-state index contributed by atoms with van der Waals surface area (Å²) in [6, 6.07) is 2.89. The molecule has 1 aliphatic heterocycles. The summed E-state index contributed by atoms with van der Waals surface area (Å²) in [5.74, 6) is -3.22. The summed E-state index contributed by atoms with van der Waals surface area (Å²) in [7, 11) is 1.43. The first-order chi connectivity index (χ1) is 24.9. The summed E-state index contributed by atoms with van der Waals surface area (Å²) in [4.78, 5) is 101. The zero-order valence-electron chi connectivity index (χ0n) is 31.0. The number of imide groups is 1. The lowest BCUT2D eigenvalue weighted by atomic mass is 10.0. The smallest absolute Gasteiger partial charge is 0.410 e. The number of primary amides is 2. The average Bonchev–Trinajstić information content (AvgIpc) is 3.32. The normalized spacial score (nSPS) is 15.8. The van der Waals surface area contributed by atoms with Crippen molar-refractivity contribution in [2.45, 2.75) is 103 Å². The second-order valence-corrected chi connectivity index (χ2v) is 14.3. The van der Waals surface area contributed by atoms with Crippen LogP contribution < -0.4 is 32.7 Å². The number of amides is 9. The number of unbranched alkanes of at least 4 members (excludes halogenated alkanes) is 2. The van der Waals surface area contributed by atoms with Crippen LogP contribution in [0.25, 0.3) is 0 Å². The summed E-state index contributed by atoms with van der Waals surface area (Å²) in [5.41, 5.74) is 11.6. The van der Waals surface area contributed by atoms with Crippen LogP contribution in [-0.4, -0.2) is 101 Å². The van der Waals surface area contributed by atoms with E-state index in [4.69, 9.17) is 16.2 Å². The Hall–Kier alpha value is -4.87. The van der Waals surface area contributed by atoms with E-state index < -0.39 is 53.2 Å². The van der Waals surface area contributed by atoms with Gasteiger partial charge in [0.2, 0.25) is 35.4 Å². The Labute approximate surface area is 315 Å². The fourth-order valence-corrected chi connectivity index (χ4v) is 6.00. The molecule has 0 aromatic heterocycles. The van der Waals surface area contributed by atoms with E-state index in [-0.39, 0.29) is 68.5 Å². The van der Waals surface area contributed by atoms with Crippen molar-refractivity contribution in [2.75, 3.05) is 25.5 Å². The van der Waals surface area contributed by atoms with Gasteiger partial charge in [-0.2, -0.15) is 12.6 Å². The highest BCUT2D eigenvalue weighted by Crippen LogP contribution is 2.19. The molecule has 8 N–H and O–H groups in total. The number of likely N-dealkylation sites (tertiary alicyclic amines) is 1. The Morgan fingerprint density at radius 1 is 0.925 bits per heavy atom. The number of rotatable bonds is 21. The number of nitrogens with one attached hydrogen (secondary N) is 4. The molecule has 0 saturated carbocycles. The van der Waals surface area contributed by atoms with Crippen LogP contribution in [0, 0.1) is 11.8 Å². The van der Waals surface area contributed by atoms with Crippen LogP contribution in [0.2, 0.25) is 0 Å². The van der Waals surface area contributed by atoms with Crippen molar-refractivity contribution in [1.29, 1.82) is 0 Å². The van der Waals surface area contributed by atoms with E-state index in [0.29, 0.717) is 36.9 Å². The third-order valence-electron chi connectivity index (χ3n) is 8.59. The zero-order valence-corrected chi connectivity index (χ0v) is 31.9. The topological polar surface area (TPSA) is 252 Å². The van der Waals surface area contributed by atoms with Gasteiger partial charge in [-0.05, 0) is 55.2 Å². The van der Waals surface area contributed by atoms with Gasteiger partial charge in [0.25, 0.3) is 0 Å². The SMILES string of the molecule is CC(C)[C@H](NC(=O)CCCCCN1C(=O)CC(S)C1=O)C(=O)N[C@@H](CCCNC(N)=O)C(=O)Nc1ccc(COC(=O)N(C)[C@H](C(N)=O)C(C)C)cc1. The molecule has 1 aliphatic rings. The number of anilines is 1. The Bertz CT molecular complexity index is 1470. The van der Waals surface area contributed by atoms with Crippen molar-refractivity contribution < 1.29 is 43.1 Å². The van der Waals surface area contributed by atoms with Gasteiger partial charge in [0.15, 0.2) is 0 Å². The van der Waals surface area contributed by atoms with Gasteiger partial charge >= 0.3 is 12.1 Å². The average molecular weight is 763 g/mol. The fraction of sp³-hybridized carbons (Fsp3) is 0.600. The molecule has 1 saturated heterocycles. The van der Waals surface area contributed by atoms with E-state index in [0.717, 1.165) is 4.90 Å². The predicted octanol–water partition coefficient (Wildman–Crippen LogP) is 1.40. The first-order valence-corrected chi connectivity index (χ1v) is 18.2. The van der Waals surface area contributed by atoms with Gasteiger partial charge in [0.1, 0.15) is 24.7 Å². The Balaban J connectivity index is 1.97. The highest BCUT2D eigenvalue weighted by molar-refractivity contribution is 7.81. The fourth-order valence-electron chi connectivity index (χ4n) is 5.70. The lowest BCUT2D eigenvalue weighted by Gasteiger charge is -2.27. The molecule has 4 atom stereocenters. The predicted molar refractivity (Wildman–Crippen MR) is 199 cm³/mol. The molecule has 1 aromatic rings. The number of nitrogens with zero attached hydrogens (tertiary/aromatic N) is 2. The molecule has 1 unspecified atom stereocenters. The standard InChI is InChI=1S/C35H54N8O9S/c1-20(2)28(41-26(44)11-7-6-8-17-43-27(45)18-25(53)33(43)49)32(48)40-24(10-9-16-38-34(37)50)31(47)39-23-14-12-22(13-15-23)19-52-35(51)42(5)29(21(3)4)30(36)46/h12-15,20-21,24-25,28-29,53H,6-11,16-19H2,1-5H3,(H2,36,46)(H,39,47)(H,40,48)(H,41,44)(H3,37,38,50)/t24-,25?,28-,29-/m0/s1. The minimum Gasteiger partial charge on any atom is -0.445 e. The number of carbonyl (C=O) groups excluding carboxylic acids is 8. The molecule has 1 aromatic carbocycles. The molecule has 0 radical (unpaired) electrons. The minimum absolute atomic E-state index is 0.0862. The summed E-state index contributed by atoms with van der Waals surface area (Å²) in [6.07, 6.45) is 1.51. The Kier molecular flexibility index (Phi) is 18.1. The molecule has 17 nitrogen and oxygen atoms in total. The van der Waals surface area contributed by atoms with Gasteiger partial charge in [-0.15, -0.1) is 0 Å². The monoisotopic (exact) mass is 762 g/mol. The van der Waals surface area contributed by atoms with Crippen LogP contribution in [-0.2, 0) is 40.1 Å². The van der Waals surface area contributed by atoms with E-state index in [1.165, 1.54) is 11.9 Å². The van der Waals surface area contributed by atoms with Crippen molar-refractivity contribution in [1.82, 2.24) is 25.8 Å².